The van der Waals surface area contributed by atoms with Crippen molar-refractivity contribution in [3.63, 3.8) is 0 Å². The molecule has 1 aromatic carbocycles. The van der Waals surface area contributed by atoms with Crippen LogP contribution in [-0.4, -0.2) is 34.7 Å². The van der Waals surface area contributed by atoms with Crippen LogP contribution in [0.5, 0.6) is 0 Å². The molecule has 2 aliphatic rings. The van der Waals surface area contributed by atoms with E-state index in [4.69, 9.17) is 4.74 Å². The molecule has 0 amide bonds. The molecular weight excluding hydrogens is 434 g/mol. The van der Waals surface area contributed by atoms with Gasteiger partial charge in [0.2, 0.25) is 0 Å². The van der Waals surface area contributed by atoms with Gasteiger partial charge in [-0.2, -0.15) is 0 Å². The molecule has 0 saturated heterocycles. The lowest BCUT2D eigenvalue weighted by atomic mass is 9.91. The van der Waals surface area contributed by atoms with Gasteiger partial charge in [0.1, 0.15) is 11.3 Å². The third-order valence-corrected chi connectivity index (χ3v) is 7.03. The Morgan fingerprint density at radius 3 is 2.40 bits per heavy atom. The Morgan fingerprint density at radius 2 is 1.77 bits per heavy atom. The molecule has 0 radical (unpaired) electrons. The number of nitrogens with one attached hydrogen (secondary N) is 2. The number of nitrogens with zero attached hydrogens (tertiary/aromatic N) is 1. The van der Waals surface area contributed by atoms with E-state index in [-0.39, 0.29) is 5.97 Å². The van der Waals surface area contributed by atoms with Crippen molar-refractivity contribution in [2.45, 2.75) is 96.5 Å². The summed E-state index contributed by atoms with van der Waals surface area (Å²) in [6.07, 6.45) is 11.4. The van der Waals surface area contributed by atoms with Crippen LogP contribution in [0, 0.1) is 5.92 Å². The van der Waals surface area contributed by atoms with E-state index in [1.54, 1.807) is 17.8 Å². The summed E-state index contributed by atoms with van der Waals surface area (Å²) in [5, 5.41) is 7.63. The van der Waals surface area contributed by atoms with E-state index < -0.39 is 5.60 Å². The minimum Gasteiger partial charge on any atom is -0.455 e. The van der Waals surface area contributed by atoms with E-state index in [9.17, 15) is 4.79 Å². The van der Waals surface area contributed by atoms with Crippen molar-refractivity contribution in [1.29, 1.82) is 0 Å². The molecule has 2 atom stereocenters. The number of rotatable bonds is 9. The smallest absolute Gasteiger partial charge is 0.357 e. The maximum atomic E-state index is 12.1. The fourth-order valence-corrected chi connectivity index (χ4v) is 5.03. The molecule has 2 N–H and O–H groups in total. The average molecular weight is 476 g/mol. The maximum absolute atomic E-state index is 12.1. The number of carbonyl (C=O) groups excluding carboxylic acids is 1. The monoisotopic (exact) mass is 475 g/mol. The maximum Gasteiger partial charge on any atom is 0.357 e. The zero-order valence-electron chi connectivity index (χ0n) is 21.7. The first-order valence-electron chi connectivity index (χ1n) is 13.2. The number of esters is 1. The Hall–Kier alpha value is -2.50. The van der Waals surface area contributed by atoms with Crippen LogP contribution >= 0.6 is 0 Å². The zero-order chi connectivity index (χ0) is 24.8. The summed E-state index contributed by atoms with van der Waals surface area (Å²) in [7, 11) is 0. The summed E-state index contributed by atoms with van der Waals surface area (Å²) in [6.45, 7) is 8.65. The first-order chi connectivity index (χ1) is 16.8. The molecular formula is C30H41N3O2. The molecule has 5 heteroatoms. The highest BCUT2D eigenvalue weighted by atomic mass is 16.6. The molecule has 0 aliphatic heterocycles. The van der Waals surface area contributed by atoms with Crippen LogP contribution in [0.15, 0.2) is 54.2 Å². The fraction of sp³-hybridized carbons (Fsp3) is 0.533. The number of hydrogen-bond acceptors (Lipinski definition) is 5. The highest BCUT2D eigenvalue weighted by molar-refractivity contribution is 5.87. The second-order valence-corrected chi connectivity index (χ2v) is 11.1. The number of pyridine rings is 1. The Morgan fingerprint density at radius 1 is 1.06 bits per heavy atom. The topological polar surface area (TPSA) is 63.2 Å². The molecule has 2 saturated carbocycles. The van der Waals surface area contributed by atoms with Gasteiger partial charge in [0.15, 0.2) is 0 Å². The van der Waals surface area contributed by atoms with Gasteiger partial charge in [-0.3, -0.25) is 0 Å². The second-order valence-electron chi connectivity index (χ2n) is 11.1. The summed E-state index contributed by atoms with van der Waals surface area (Å²) in [6, 6.07) is 16.2. The molecule has 1 heterocycles. The van der Waals surface area contributed by atoms with Crippen LogP contribution in [0.4, 0.5) is 0 Å². The van der Waals surface area contributed by atoms with Crippen LogP contribution in [0.1, 0.15) is 87.8 Å². The summed E-state index contributed by atoms with van der Waals surface area (Å²) in [5.74, 6) is 0.328. The number of benzene rings is 1. The number of ether oxygens (including phenoxy) is 1. The van der Waals surface area contributed by atoms with Crippen molar-refractivity contribution in [3.8, 4) is 0 Å². The van der Waals surface area contributed by atoms with Gasteiger partial charge >= 0.3 is 5.97 Å². The molecule has 2 aromatic rings. The Labute approximate surface area is 210 Å². The third-order valence-electron chi connectivity index (χ3n) is 7.03. The number of carbonyl (C=O) groups is 1. The molecule has 2 fully saturated rings. The standard InChI is InChI=1S/C30H41N3O2/c1-5-23(17-21-9-7-6-8-10-21)26-18-28(26)33-25-14-12-24(13-15-25)31-19-22-11-16-27(32-20-22)29(34)35-30(2,3)4/h6-11,16-17,20,24-26,28,31,33H,5,12-15,18-19H2,1-4H3/t24-,25-,26-,28+/m0/s1. The first-order valence-corrected chi connectivity index (χ1v) is 13.2. The minimum atomic E-state index is -0.510. The molecule has 0 unspecified atom stereocenters. The van der Waals surface area contributed by atoms with Gasteiger partial charge in [0, 0.05) is 30.9 Å². The Balaban J connectivity index is 1.17. The molecule has 4 rings (SSSR count). The molecule has 1 aromatic heterocycles. The second kappa shape index (κ2) is 11.5. The molecule has 2 aliphatic carbocycles. The fourth-order valence-electron chi connectivity index (χ4n) is 5.03. The van der Waals surface area contributed by atoms with Gasteiger partial charge in [-0.15, -0.1) is 0 Å². The van der Waals surface area contributed by atoms with Gasteiger partial charge in [0.25, 0.3) is 0 Å². The van der Waals surface area contributed by atoms with Crippen molar-refractivity contribution in [2.24, 2.45) is 5.92 Å². The largest absolute Gasteiger partial charge is 0.455 e. The quantitative estimate of drug-likeness (QED) is 0.442. The summed E-state index contributed by atoms with van der Waals surface area (Å²) in [5.41, 5.74) is 3.84. The van der Waals surface area contributed by atoms with Gasteiger partial charge in [-0.1, -0.05) is 55.0 Å². The predicted octanol–water partition coefficient (Wildman–Crippen LogP) is 5.91. The van der Waals surface area contributed by atoms with Crippen molar-refractivity contribution in [1.82, 2.24) is 15.6 Å². The summed E-state index contributed by atoms with van der Waals surface area (Å²) < 4.78 is 5.39. The van der Waals surface area contributed by atoms with Crippen molar-refractivity contribution < 1.29 is 9.53 Å². The molecule has 0 spiro atoms. The van der Waals surface area contributed by atoms with Gasteiger partial charge < -0.3 is 15.4 Å². The van der Waals surface area contributed by atoms with E-state index in [0.29, 0.717) is 29.7 Å². The normalized spacial score (nSPS) is 24.7. The lowest BCUT2D eigenvalue weighted by molar-refractivity contribution is 0.00628. The molecule has 188 valence electrons. The Kier molecular flexibility index (Phi) is 8.40. The summed E-state index contributed by atoms with van der Waals surface area (Å²) >= 11 is 0. The van der Waals surface area contributed by atoms with Crippen LogP contribution in [0.2, 0.25) is 0 Å². The van der Waals surface area contributed by atoms with Crippen LogP contribution < -0.4 is 10.6 Å². The lowest BCUT2D eigenvalue weighted by Crippen LogP contribution is -2.40. The van der Waals surface area contributed by atoms with E-state index in [1.807, 2.05) is 26.8 Å². The average Bonchev–Trinajstić information content (AvgIpc) is 3.61. The van der Waals surface area contributed by atoms with Crippen molar-refractivity contribution in [3.05, 3.63) is 71.1 Å². The number of hydrogen-bond donors (Lipinski definition) is 2. The number of aromatic nitrogens is 1. The van der Waals surface area contributed by atoms with Gasteiger partial charge in [0.05, 0.1) is 0 Å². The highest BCUT2D eigenvalue weighted by Crippen LogP contribution is 2.40. The van der Waals surface area contributed by atoms with E-state index in [2.05, 4.69) is 58.9 Å². The summed E-state index contributed by atoms with van der Waals surface area (Å²) in [4.78, 5) is 16.4. The molecule has 0 bridgehead atoms. The van der Waals surface area contributed by atoms with Crippen molar-refractivity contribution in [2.75, 3.05) is 0 Å². The highest BCUT2D eigenvalue weighted by Gasteiger charge is 2.40. The Bertz CT molecular complexity index is 987. The first kappa shape index (κ1) is 25.6. The van der Waals surface area contributed by atoms with Gasteiger partial charge in [-0.25, -0.2) is 9.78 Å². The van der Waals surface area contributed by atoms with Crippen LogP contribution in [0.25, 0.3) is 6.08 Å². The lowest BCUT2D eigenvalue weighted by Gasteiger charge is -2.30. The van der Waals surface area contributed by atoms with Crippen LogP contribution in [0.3, 0.4) is 0 Å². The predicted molar refractivity (Wildman–Crippen MR) is 142 cm³/mol. The van der Waals surface area contributed by atoms with E-state index in [0.717, 1.165) is 18.5 Å². The van der Waals surface area contributed by atoms with E-state index in [1.165, 1.54) is 37.7 Å². The third kappa shape index (κ3) is 7.74. The van der Waals surface area contributed by atoms with E-state index >= 15 is 0 Å². The molecule has 35 heavy (non-hydrogen) atoms. The van der Waals surface area contributed by atoms with Gasteiger partial charge in [-0.05, 0) is 82.4 Å². The zero-order valence-corrected chi connectivity index (χ0v) is 21.7. The van der Waals surface area contributed by atoms with Crippen molar-refractivity contribution >= 4 is 12.0 Å². The minimum absolute atomic E-state index is 0.360. The SMILES string of the molecule is CCC(=Cc1ccccc1)[C@@H]1C[C@H]1N[C@H]1CC[C@H](NCc2ccc(C(=O)OC(C)(C)C)nc2)CC1. The van der Waals surface area contributed by atoms with Crippen LogP contribution in [-0.2, 0) is 11.3 Å². The molecule has 5 nitrogen and oxygen atoms in total.